The Morgan fingerprint density at radius 1 is 1.38 bits per heavy atom. The van der Waals surface area contributed by atoms with Crippen molar-refractivity contribution in [1.82, 2.24) is 4.90 Å². The Kier molecular flexibility index (Phi) is 3.86. The molecule has 0 spiro atoms. The minimum Gasteiger partial charge on any atom is -0.375 e. The smallest absolute Gasteiger partial charge is 0.215 e. The molecule has 1 saturated carbocycles. The molecule has 3 aliphatic rings. The largest absolute Gasteiger partial charge is 0.375 e. The SMILES string of the molecule is O=C1C=C2CN([C@H](C(=O)C3CC3)c3ccccc3F)CC[C@@]2(O)S1. The molecule has 24 heavy (non-hydrogen) atoms. The summed E-state index contributed by atoms with van der Waals surface area (Å²) >= 11 is 0.930. The maximum absolute atomic E-state index is 14.3. The molecule has 2 fully saturated rings. The van der Waals surface area contributed by atoms with Gasteiger partial charge < -0.3 is 5.11 Å². The molecule has 4 rings (SSSR count). The standard InChI is InChI=1S/C18H18FNO3S/c19-14-4-2-1-3-13(14)16(17(22)11-5-6-11)20-8-7-18(23)12(10-20)9-15(21)24-18/h1-4,9,11,16,23H,5-8,10H2/t16-,18+/m0/s1. The molecule has 1 aromatic carbocycles. The third-order valence-electron chi connectivity index (χ3n) is 4.99. The zero-order valence-electron chi connectivity index (χ0n) is 13.1. The van der Waals surface area contributed by atoms with Crippen molar-refractivity contribution in [2.75, 3.05) is 13.1 Å². The highest BCUT2D eigenvalue weighted by atomic mass is 32.2. The molecular weight excluding hydrogens is 329 g/mol. The lowest BCUT2D eigenvalue weighted by molar-refractivity contribution is -0.126. The van der Waals surface area contributed by atoms with Gasteiger partial charge in [0.15, 0.2) is 5.78 Å². The molecule has 1 saturated heterocycles. The summed E-state index contributed by atoms with van der Waals surface area (Å²) in [5.41, 5.74) is 1.01. The number of thioether (sulfide) groups is 1. The van der Waals surface area contributed by atoms with Crippen molar-refractivity contribution >= 4 is 22.7 Å². The Labute approximate surface area is 143 Å². The summed E-state index contributed by atoms with van der Waals surface area (Å²) in [5, 5.41) is 10.4. The van der Waals surface area contributed by atoms with Crippen LogP contribution in [0.4, 0.5) is 4.39 Å². The zero-order valence-corrected chi connectivity index (χ0v) is 13.9. The van der Waals surface area contributed by atoms with Gasteiger partial charge in [-0.25, -0.2) is 4.39 Å². The van der Waals surface area contributed by atoms with Crippen LogP contribution in [0.1, 0.15) is 30.9 Å². The summed E-state index contributed by atoms with van der Waals surface area (Å²) in [5.74, 6) is -0.338. The molecule has 6 heteroatoms. The number of nitrogens with zero attached hydrogens (tertiary/aromatic N) is 1. The number of benzene rings is 1. The number of Topliss-reactive ketones (excluding diaryl/α,β-unsaturated/α-hetero) is 1. The fraction of sp³-hybridized carbons (Fsp3) is 0.444. The van der Waals surface area contributed by atoms with Gasteiger partial charge in [-0.3, -0.25) is 14.5 Å². The van der Waals surface area contributed by atoms with Gasteiger partial charge in [-0.2, -0.15) is 0 Å². The second kappa shape index (κ2) is 5.79. The number of aliphatic hydroxyl groups is 1. The molecule has 0 amide bonds. The van der Waals surface area contributed by atoms with Crippen LogP contribution in [0.25, 0.3) is 0 Å². The number of rotatable bonds is 4. The highest BCUT2D eigenvalue weighted by molar-refractivity contribution is 8.15. The monoisotopic (exact) mass is 347 g/mol. The normalized spacial score (nSPS) is 28.4. The van der Waals surface area contributed by atoms with Gasteiger partial charge in [0.2, 0.25) is 5.12 Å². The molecular formula is C18H18FNO3S. The fourth-order valence-electron chi connectivity index (χ4n) is 3.53. The lowest BCUT2D eigenvalue weighted by Crippen LogP contribution is -2.47. The number of fused-ring (bicyclic) bond motifs is 1. The first kappa shape index (κ1) is 16.0. The third kappa shape index (κ3) is 2.72. The van der Waals surface area contributed by atoms with Gasteiger partial charge >= 0.3 is 0 Å². The van der Waals surface area contributed by atoms with Crippen LogP contribution in [0, 0.1) is 11.7 Å². The van der Waals surface area contributed by atoms with Gasteiger partial charge in [0, 0.05) is 31.0 Å². The van der Waals surface area contributed by atoms with Crippen molar-refractivity contribution in [3.05, 3.63) is 47.3 Å². The molecule has 2 aliphatic heterocycles. The third-order valence-corrected chi connectivity index (χ3v) is 6.11. The Morgan fingerprint density at radius 2 is 2.12 bits per heavy atom. The average Bonchev–Trinajstić information content (AvgIpc) is 3.33. The van der Waals surface area contributed by atoms with Gasteiger partial charge in [0.05, 0.1) is 6.04 Å². The number of carbonyl (C=O) groups excluding carboxylic acids is 2. The first-order valence-electron chi connectivity index (χ1n) is 8.16. The lowest BCUT2D eigenvalue weighted by atomic mass is 9.92. The van der Waals surface area contributed by atoms with Crippen molar-refractivity contribution in [3.63, 3.8) is 0 Å². The van der Waals surface area contributed by atoms with Gasteiger partial charge in [-0.05, 0) is 42.3 Å². The molecule has 2 atom stereocenters. The van der Waals surface area contributed by atoms with Gasteiger partial charge in [0.1, 0.15) is 10.8 Å². The van der Waals surface area contributed by atoms with Gasteiger partial charge in [0.25, 0.3) is 0 Å². The predicted octanol–water partition coefficient (Wildman–Crippen LogP) is 2.44. The number of halogens is 1. The van der Waals surface area contributed by atoms with E-state index in [0.29, 0.717) is 30.6 Å². The highest BCUT2D eigenvalue weighted by Gasteiger charge is 2.47. The van der Waals surface area contributed by atoms with Gasteiger partial charge in [-0.15, -0.1) is 0 Å². The summed E-state index contributed by atoms with van der Waals surface area (Å²) in [7, 11) is 0. The summed E-state index contributed by atoms with van der Waals surface area (Å²) < 4.78 is 14.3. The number of hydrogen-bond acceptors (Lipinski definition) is 5. The Morgan fingerprint density at radius 3 is 2.83 bits per heavy atom. The lowest BCUT2D eigenvalue weighted by Gasteiger charge is -2.40. The fourth-order valence-corrected chi connectivity index (χ4v) is 4.51. The average molecular weight is 347 g/mol. The van der Waals surface area contributed by atoms with E-state index in [0.717, 1.165) is 24.6 Å². The second-order valence-electron chi connectivity index (χ2n) is 6.70. The topological polar surface area (TPSA) is 57.6 Å². The predicted molar refractivity (Wildman–Crippen MR) is 88.7 cm³/mol. The van der Waals surface area contributed by atoms with Gasteiger partial charge in [-0.1, -0.05) is 18.2 Å². The molecule has 1 aliphatic carbocycles. The van der Waals surface area contributed by atoms with Crippen molar-refractivity contribution in [2.24, 2.45) is 5.92 Å². The molecule has 0 unspecified atom stereocenters. The van der Waals surface area contributed by atoms with Crippen LogP contribution in [0.5, 0.6) is 0 Å². The maximum atomic E-state index is 14.3. The van der Waals surface area contributed by atoms with Crippen molar-refractivity contribution < 1.29 is 19.1 Å². The number of carbonyl (C=O) groups is 2. The van der Waals surface area contributed by atoms with E-state index in [2.05, 4.69) is 0 Å². The van der Waals surface area contributed by atoms with E-state index in [1.165, 1.54) is 12.1 Å². The molecule has 2 heterocycles. The molecule has 0 radical (unpaired) electrons. The quantitative estimate of drug-likeness (QED) is 0.907. The summed E-state index contributed by atoms with van der Waals surface area (Å²) in [4.78, 5) is 25.2. The van der Waals surface area contributed by atoms with E-state index >= 15 is 0 Å². The minimum absolute atomic E-state index is 0.00369. The number of ketones is 1. The maximum Gasteiger partial charge on any atom is 0.215 e. The van der Waals surface area contributed by atoms with E-state index < -0.39 is 11.0 Å². The van der Waals surface area contributed by atoms with Crippen molar-refractivity contribution in [3.8, 4) is 0 Å². The summed E-state index contributed by atoms with van der Waals surface area (Å²) in [6, 6.07) is 5.73. The number of hydrogen-bond donors (Lipinski definition) is 1. The number of piperidine rings is 1. The summed E-state index contributed by atoms with van der Waals surface area (Å²) in [6.07, 6.45) is 3.53. The molecule has 126 valence electrons. The Hall–Kier alpha value is -1.50. The van der Waals surface area contributed by atoms with Crippen LogP contribution in [-0.4, -0.2) is 38.9 Å². The van der Waals surface area contributed by atoms with E-state index in [1.54, 1.807) is 18.2 Å². The van der Waals surface area contributed by atoms with Crippen LogP contribution in [0.3, 0.4) is 0 Å². The minimum atomic E-state index is -1.16. The van der Waals surface area contributed by atoms with Crippen molar-refractivity contribution in [1.29, 1.82) is 0 Å². The van der Waals surface area contributed by atoms with E-state index in [9.17, 15) is 19.1 Å². The molecule has 0 bridgehead atoms. The highest BCUT2D eigenvalue weighted by Crippen LogP contribution is 2.46. The van der Waals surface area contributed by atoms with Crippen LogP contribution < -0.4 is 0 Å². The van der Waals surface area contributed by atoms with Crippen LogP contribution in [0.2, 0.25) is 0 Å². The van der Waals surface area contributed by atoms with Crippen LogP contribution >= 0.6 is 11.8 Å². The van der Waals surface area contributed by atoms with E-state index in [4.69, 9.17) is 0 Å². The molecule has 4 nitrogen and oxygen atoms in total. The van der Waals surface area contributed by atoms with Crippen LogP contribution in [-0.2, 0) is 9.59 Å². The van der Waals surface area contributed by atoms with E-state index in [1.807, 2.05) is 4.90 Å². The van der Waals surface area contributed by atoms with Crippen molar-refractivity contribution in [2.45, 2.75) is 30.2 Å². The molecule has 1 N–H and O–H groups in total. The first-order chi connectivity index (χ1) is 11.5. The first-order valence-corrected chi connectivity index (χ1v) is 8.98. The summed E-state index contributed by atoms with van der Waals surface area (Å²) in [6.45, 7) is 0.762. The Balaban J connectivity index is 1.67. The second-order valence-corrected chi connectivity index (χ2v) is 7.98. The van der Waals surface area contributed by atoms with Crippen LogP contribution in [0.15, 0.2) is 35.9 Å². The van der Waals surface area contributed by atoms with E-state index in [-0.39, 0.29) is 22.6 Å². The number of likely N-dealkylation sites (tertiary alicyclic amines) is 1. The Bertz CT molecular complexity index is 746. The molecule has 0 aromatic heterocycles. The molecule has 1 aromatic rings. The zero-order chi connectivity index (χ0) is 16.9.